The topological polar surface area (TPSA) is 41.0 Å². The van der Waals surface area contributed by atoms with Crippen LogP contribution in [0.4, 0.5) is 5.82 Å². The molecule has 1 aliphatic rings. The number of halogens is 1. The highest BCUT2D eigenvalue weighted by Gasteiger charge is 2.19. The summed E-state index contributed by atoms with van der Waals surface area (Å²) in [7, 11) is 0. The second kappa shape index (κ2) is 5.61. The van der Waals surface area contributed by atoms with Crippen LogP contribution in [0.2, 0.25) is 5.28 Å². The van der Waals surface area contributed by atoms with Crippen LogP contribution >= 0.6 is 22.9 Å². The fraction of sp³-hybridized carbons (Fsp3) is 0.538. The van der Waals surface area contributed by atoms with Crippen molar-refractivity contribution in [2.24, 2.45) is 0 Å². The predicted molar refractivity (Wildman–Crippen MR) is 81.2 cm³/mol. The van der Waals surface area contributed by atoms with E-state index in [9.17, 15) is 0 Å². The number of anilines is 1. The lowest BCUT2D eigenvalue weighted by atomic mass is 10.1. The minimum Gasteiger partial charge on any atom is -0.366 e. The van der Waals surface area contributed by atoms with Crippen molar-refractivity contribution in [2.75, 3.05) is 25.0 Å². The van der Waals surface area contributed by atoms with Gasteiger partial charge in [0.2, 0.25) is 5.28 Å². The molecule has 0 amide bonds. The molecule has 1 aliphatic heterocycles. The Balaban J connectivity index is 1.76. The molecule has 1 fully saturated rings. The van der Waals surface area contributed by atoms with Gasteiger partial charge in [0, 0.05) is 19.1 Å². The standard InChI is InChI=1S/C13H17ClN4S/c1-2-18-6-3-9(4-7-18)15-12-11-10(5-8-19-11)16-13(14)17-12/h5,8-9H,2-4,6-7H2,1H3,(H,15,16,17). The minimum atomic E-state index is 0.319. The third-order valence-corrected chi connectivity index (χ3v) is 4.73. The lowest BCUT2D eigenvalue weighted by Gasteiger charge is -2.31. The zero-order valence-electron chi connectivity index (χ0n) is 10.9. The largest absolute Gasteiger partial charge is 0.366 e. The Bertz CT molecular complexity index is 563. The average molecular weight is 297 g/mol. The van der Waals surface area contributed by atoms with Gasteiger partial charge in [-0.05, 0) is 42.4 Å². The van der Waals surface area contributed by atoms with Gasteiger partial charge in [0.1, 0.15) is 5.82 Å². The van der Waals surface area contributed by atoms with E-state index in [0.29, 0.717) is 11.3 Å². The Morgan fingerprint density at radius 1 is 1.42 bits per heavy atom. The van der Waals surface area contributed by atoms with Gasteiger partial charge in [0.15, 0.2) is 0 Å². The predicted octanol–water partition coefficient (Wildman–Crippen LogP) is 3.24. The quantitative estimate of drug-likeness (QED) is 0.883. The van der Waals surface area contributed by atoms with E-state index in [4.69, 9.17) is 11.6 Å². The number of thiophene rings is 1. The van der Waals surface area contributed by atoms with Crippen LogP contribution in [-0.2, 0) is 0 Å². The molecule has 2 aromatic heterocycles. The van der Waals surface area contributed by atoms with E-state index in [-0.39, 0.29) is 0 Å². The van der Waals surface area contributed by atoms with E-state index in [0.717, 1.165) is 48.5 Å². The molecule has 0 aromatic carbocycles. The number of aromatic nitrogens is 2. The van der Waals surface area contributed by atoms with Gasteiger partial charge in [-0.2, -0.15) is 4.98 Å². The summed E-state index contributed by atoms with van der Waals surface area (Å²) in [6, 6.07) is 2.47. The summed E-state index contributed by atoms with van der Waals surface area (Å²) in [5.74, 6) is 0.889. The number of piperidine rings is 1. The third-order valence-electron chi connectivity index (χ3n) is 3.65. The van der Waals surface area contributed by atoms with Gasteiger partial charge in [-0.3, -0.25) is 0 Å². The van der Waals surface area contributed by atoms with Gasteiger partial charge in [0.05, 0.1) is 10.2 Å². The maximum Gasteiger partial charge on any atom is 0.224 e. The molecule has 0 bridgehead atoms. The molecule has 102 valence electrons. The van der Waals surface area contributed by atoms with Crippen LogP contribution in [0, 0.1) is 0 Å². The number of nitrogens with one attached hydrogen (secondary N) is 1. The molecule has 1 saturated heterocycles. The van der Waals surface area contributed by atoms with Crippen LogP contribution in [-0.4, -0.2) is 40.5 Å². The maximum absolute atomic E-state index is 5.98. The number of likely N-dealkylation sites (tertiary alicyclic amines) is 1. The van der Waals surface area contributed by atoms with Gasteiger partial charge in [-0.15, -0.1) is 11.3 Å². The van der Waals surface area contributed by atoms with E-state index in [1.807, 2.05) is 11.4 Å². The van der Waals surface area contributed by atoms with Crippen molar-refractivity contribution in [3.05, 3.63) is 16.7 Å². The van der Waals surface area contributed by atoms with Crippen LogP contribution in [0.1, 0.15) is 19.8 Å². The summed E-state index contributed by atoms with van der Waals surface area (Å²) in [6.45, 7) is 5.66. The number of rotatable bonds is 3. The van der Waals surface area contributed by atoms with E-state index in [2.05, 4.69) is 27.1 Å². The summed E-state index contributed by atoms with van der Waals surface area (Å²) in [4.78, 5) is 11.1. The molecule has 4 nitrogen and oxygen atoms in total. The zero-order valence-corrected chi connectivity index (χ0v) is 12.5. The first-order valence-electron chi connectivity index (χ1n) is 6.66. The van der Waals surface area contributed by atoms with Crippen molar-refractivity contribution >= 4 is 39.0 Å². The molecule has 1 N–H and O–H groups in total. The number of nitrogens with zero attached hydrogens (tertiary/aromatic N) is 3. The lowest BCUT2D eigenvalue weighted by Crippen LogP contribution is -2.39. The van der Waals surface area contributed by atoms with Crippen LogP contribution in [0.5, 0.6) is 0 Å². The van der Waals surface area contributed by atoms with Gasteiger partial charge in [-0.1, -0.05) is 6.92 Å². The van der Waals surface area contributed by atoms with Crippen LogP contribution in [0.25, 0.3) is 10.2 Å². The first-order chi connectivity index (χ1) is 9.26. The van der Waals surface area contributed by atoms with E-state index in [1.54, 1.807) is 11.3 Å². The molecule has 19 heavy (non-hydrogen) atoms. The maximum atomic E-state index is 5.98. The third kappa shape index (κ3) is 2.83. The van der Waals surface area contributed by atoms with Crippen LogP contribution in [0.15, 0.2) is 11.4 Å². The van der Waals surface area contributed by atoms with Crippen LogP contribution < -0.4 is 5.32 Å². The van der Waals surface area contributed by atoms with Gasteiger partial charge in [0.25, 0.3) is 0 Å². The molecular formula is C13H17ClN4S. The Labute approximate surface area is 121 Å². The fourth-order valence-corrected chi connectivity index (χ4v) is 3.48. The van der Waals surface area contributed by atoms with Gasteiger partial charge < -0.3 is 10.2 Å². The molecule has 0 unspecified atom stereocenters. The van der Waals surface area contributed by atoms with Gasteiger partial charge in [-0.25, -0.2) is 4.98 Å². The molecule has 0 spiro atoms. The zero-order chi connectivity index (χ0) is 13.2. The highest BCUT2D eigenvalue weighted by molar-refractivity contribution is 7.17. The van der Waals surface area contributed by atoms with E-state index >= 15 is 0 Å². The van der Waals surface area contributed by atoms with Crippen molar-refractivity contribution in [2.45, 2.75) is 25.8 Å². The normalized spacial score (nSPS) is 18.0. The lowest BCUT2D eigenvalue weighted by molar-refractivity contribution is 0.229. The highest BCUT2D eigenvalue weighted by Crippen LogP contribution is 2.28. The summed E-state index contributed by atoms with van der Waals surface area (Å²) >= 11 is 7.64. The molecular weight excluding hydrogens is 280 g/mol. The summed E-state index contributed by atoms with van der Waals surface area (Å²) in [6.07, 6.45) is 2.31. The highest BCUT2D eigenvalue weighted by atomic mass is 35.5. The SMILES string of the molecule is CCN1CCC(Nc2nc(Cl)nc3ccsc23)CC1. The van der Waals surface area contributed by atoms with Crippen molar-refractivity contribution in [3.63, 3.8) is 0 Å². The van der Waals surface area contributed by atoms with E-state index in [1.165, 1.54) is 0 Å². The first kappa shape index (κ1) is 13.1. The molecule has 0 atom stereocenters. The first-order valence-corrected chi connectivity index (χ1v) is 7.91. The Morgan fingerprint density at radius 2 is 2.21 bits per heavy atom. The minimum absolute atomic E-state index is 0.319. The van der Waals surface area contributed by atoms with Gasteiger partial charge >= 0.3 is 0 Å². The Kier molecular flexibility index (Phi) is 3.86. The summed E-state index contributed by atoms with van der Waals surface area (Å²) < 4.78 is 1.10. The molecule has 3 heterocycles. The monoisotopic (exact) mass is 296 g/mol. The molecule has 3 rings (SSSR count). The van der Waals surface area contributed by atoms with Crippen LogP contribution in [0.3, 0.4) is 0 Å². The Hall–Kier alpha value is -0.910. The molecule has 6 heteroatoms. The van der Waals surface area contributed by atoms with E-state index < -0.39 is 0 Å². The van der Waals surface area contributed by atoms with Crippen molar-refractivity contribution in [1.29, 1.82) is 0 Å². The number of hydrogen-bond donors (Lipinski definition) is 1. The second-order valence-corrected chi connectivity index (χ2v) is 6.08. The van der Waals surface area contributed by atoms with Crippen molar-refractivity contribution in [1.82, 2.24) is 14.9 Å². The molecule has 0 saturated carbocycles. The summed E-state index contributed by atoms with van der Waals surface area (Å²) in [5.41, 5.74) is 0.929. The second-order valence-electron chi connectivity index (χ2n) is 4.83. The number of hydrogen-bond acceptors (Lipinski definition) is 5. The Morgan fingerprint density at radius 3 is 2.95 bits per heavy atom. The fourth-order valence-electron chi connectivity index (χ4n) is 2.52. The van der Waals surface area contributed by atoms with Crippen molar-refractivity contribution < 1.29 is 0 Å². The molecule has 2 aromatic rings. The number of fused-ring (bicyclic) bond motifs is 1. The molecule has 0 radical (unpaired) electrons. The summed E-state index contributed by atoms with van der Waals surface area (Å²) in [5, 5.41) is 5.89. The smallest absolute Gasteiger partial charge is 0.224 e. The molecule has 0 aliphatic carbocycles. The van der Waals surface area contributed by atoms with Crippen molar-refractivity contribution in [3.8, 4) is 0 Å². The average Bonchev–Trinajstić information content (AvgIpc) is 2.88.